The Morgan fingerprint density at radius 1 is 0.960 bits per heavy atom. The second kappa shape index (κ2) is 15.2. The van der Waals surface area contributed by atoms with Crippen molar-refractivity contribution in [3.8, 4) is 0 Å². The zero-order valence-corrected chi connectivity index (χ0v) is 32.2. The summed E-state index contributed by atoms with van der Waals surface area (Å²) in [4.78, 5) is 0. The van der Waals surface area contributed by atoms with Gasteiger partial charge in [-0.25, -0.2) is 8.78 Å². The van der Waals surface area contributed by atoms with E-state index in [0.29, 0.717) is 62.8 Å². The van der Waals surface area contributed by atoms with Crippen molar-refractivity contribution in [2.24, 2.45) is 40.4 Å². The molecule has 4 aliphatic carbocycles. The van der Waals surface area contributed by atoms with Crippen LogP contribution in [0.2, 0.25) is 0 Å². The molecule has 2 aliphatic heterocycles. The van der Waals surface area contributed by atoms with Gasteiger partial charge >= 0.3 is 0 Å². The highest BCUT2D eigenvalue weighted by atomic mass is 19.3. The Kier molecular flexibility index (Phi) is 11.9. The molecule has 0 aromatic heterocycles. The molecular weight excluding hydrogens is 642 g/mol. The fourth-order valence-electron chi connectivity index (χ4n) is 11.7. The highest BCUT2D eigenvalue weighted by Crippen LogP contribution is 2.68. The van der Waals surface area contributed by atoms with Gasteiger partial charge in [0.2, 0.25) is 0 Å². The van der Waals surface area contributed by atoms with Gasteiger partial charge in [0, 0.05) is 44.5 Å². The van der Waals surface area contributed by atoms with Crippen LogP contribution in [0.25, 0.3) is 0 Å². The van der Waals surface area contributed by atoms with Crippen LogP contribution in [0.15, 0.2) is 11.6 Å². The summed E-state index contributed by atoms with van der Waals surface area (Å²) in [5, 5.41) is 12.1. The summed E-state index contributed by atoms with van der Waals surface area (Å²) in [6.45, 7) is 15.4. The molecule has 0 spiro atoms. The summed E-state index contributed by atoms with van der Waals surface area (Å²) in [5.41, 5.74) is -0.455. The van der Waals surface area contributed by atoms with Crippen molar-refractivity contribution in [1.82, 2.24) is 0 Å². The average molecular weight is 711 g/mol. The zero-order valence-electron chi connectivity index (χ0n) is 32.2. The van der Waals surface area contributed by atoms with Crippen LogP contribution in [0.4, 0.5) is 8.78 Å². The van der Waals surface area contributed by atoms with E-state index in [1.807, 2.05) is 6.92 Å². The van der Waals surface area contributed by atoms with Gasteiger partial charge in [-0.3, -0.25) is 0 Å². The third kappa shape index (κ3) is 7.63. The molecule has 0 aromatic carbocycles. The largest absolute Gasteiger partial charge is 0.365 e. The van der Waals surface area contributed by atoms with Crippen molar-refractivity contribution in [3.05, 3.63) is 11.6 Å². The fourth-order valence-corrected chi connectivity index (χ4v) is 11.7. The monoisotopic (exact) mass is 710 g/mol. The van der Waals surface area contributed by atoms with Crippen LogP contribution in [0.3, 0.4) is 0 Å². The van der Waals surface area contributed by atoms with E-state index in [9.17, 15) is 5.11 Å². The molecule has 7 nitrogen and oxygen atoms in total. The van der Waals surface area contributed by atoms with Gasteiger partial charge in [0.1, 0.15) is 5.60 Å². The molecule has 12 atom stereocenters. The summed E-state index contributed by atoms with van der Waals surface area (Å²) in [7, 11) is 0. The van der Waals surface area contributed by atoms with Crippen LogP contribution >= 0.6 is 0 Å². The number of aliphatic hydroxyl groups is 1. The first-order valence-corrected chi connectivity index (χ1v) is 20.3. The standard InChI is InChI=1S/C41H68F2O7/c1-8-45-28(3)49-37(4,5)41(42,43)22-19-27(2)31-17-18-32-30-16-15-29-25-40(44,50-36-14-10-12-24-47-36)26-34(48-35-13-9-11-23-46-35)39(29,7)33(30)20-21-38(31,32)6/h15,27-28,30-36,44H,8-14,16-26H2,1-7H3/t27-,28?,30+,31-,32+,33+,34+,35?,36?,38-,39+,40+/m1/s1. The normalized spacial score (nSPS) is 42.2. The second-order valence-corrected chi connectivity index (χ2v) is 17.9. The van der Waals surface area contributed by atoms with Gasteiger partial charge < -0.3 is 33.5 Å². The van der Waals surface area contributed by atoms with E-state index in [0.717, 1.165) is 70.6 Å². The van der Waals surface area contributed by atoms with Crippen LogP contribution in [-0.2, 0) is 28.4 Å². The maximum absolute atomic E-state index is 15.6. The molecule has 5 fully saturated rings. The lowest BCUT2D eigenvalue weighted by molar-refractivity contribution is -0.331. The van der Waals surface area contributed by atoms with Crippen molar-refractivity contribution >= 4 is 0 Å². The maximum Gasteiger partial charge on any atom is 0.276 e. The van der Waals surface area contributed by atoms with Crippen molar-refractivity contribution < 1.29 is 42.3 Å². The Morgan fingerprint density at radius 3 is 2.32 bits per heavy atom. The SMILES string of the molecule is CCOC(C)OC(C)(C)C(F)(F)CC[C@@H](C)[C@H]1CC[C@H]2[C@@H]3CC=C4C[C@](O)(OC5CCCCO5)C[C@H](OC5CCCCO5)[C@]4(C)[C@H]3CC[C@]12C. The molecule has 3 saturated carbocycles. The second-order valence-electron chi connectivity index (χ2n) is 17.9. The third-order valence-electron chi connectivity index (χ3n) is 14.5. The summed E-state index contributed by atoms with van der Waals surface area (Å²) in [6, 6.07) is 0. The Balaban J connectivity index is 1.18. The molecule has 6 aliphatic rings. The van der Waals surface area contributed by atoms with Crippen LogP contribution in [-0.4, -0.2) is 67.2 Å². The van der Waals surface area contributed by atoms with Crippen LogP contribution in [0.5, 0.6) is 0 Å². The molecule has 3 unspecified atom stereocenters. The number of rotatable bonds is 13. The summed E-state index contributed by atoms with van der Waals surface area (Å²) >= 11 is 0. The van der Waals surface area contributed by atoms with Gasteiger partial charge in [0.25, 0.3) is 5.92 Å². The molecule has 1 N–H and O–H groups in total. The van der Waals surface area contributed by atoms with E-state index in [1.165, 1.54) is 19.4 Å². The van der Waals surface area contributed by atoms with Gasteiger partial charge in [-0.1, -0.05) is 32.4 Å². The Hall–Kier alpha value is -0.680. The summed E-state index contributed by atoms with van der Waals surface area (Å²) in [5.74, 6) is -2.23. The highest BCUT2D eigenvalue weighted by molar-refractivity contribution is 5.29. The molecule has 2 saturated heterocycles. The van der Waals surface area contributed by atoms with Crippen LogP contribution in [0, 0.1) is 40.4 Å². The molecule has 9 heteroatoms. The molecule has 0 amide bonds. The number of hydrogen-bond acceptors (Lipinski definition) is 7. The number of allylic oxidation sites excluding steroid dienone is 1. The Morgan fingerprint density at radius 2 is 1.66 bits per heavy atom. The first-order chi connectivity index (χ1) is 23.6. The van der Waals surface area contributed by atoms with E-state index in [4.69, 9.17) is 28.4 Å². The Labute approximate surface area is 300 Å². The molecular formula is C41H68F2O7. The first kappa shape index (κ1) is 39.0. The molecule has 0 aromatic rings. The number of ether oxygens (including phenoxy) is 6. The van der Waals surface area contributed by atoms with Crippen molar-refractivity contribution in [3.63, 3.8) is 0 Å². The van der Waals surface area contributed by atoms with E-state index in [1.54, 1.807) is 6.92 Å². The van der Waals surface area contributed by atoms with E-state index >= 15 is 8.78 Å². The number of alkyl halides is 2. The van der Waals surface area contributed by atoms with Gasteiger partial charge in [0.05, 0.1) is 6.10 Å². The first-order valence-electron chi connectivity index (χ1n) is 20.3. The molecule has 288 valence electrons. The van der Waals surface area contributed by atoms with Crippen LogP contribution < -0.4 is 0 Å². The van der Waals surface area contributed by atoms with Crippen LogP contribution in [0.1, 0.15) is 145 Å². The third-order valence-corrected chi connectivity index (χ3v) is 14.5. The number of fused-ring (bicyclic) bond motifs is 5. The van der Waals surface area contributed by atoms with E-state index in [-0.39, 0.29) is 41.9 Å². The maximum atomic E-state index is 15.6. The predicted octanol–water partition coefficient (Wildman–Crippen LogP) is 9.55. The average Bonchev–Trinajstić information content (AvgIpc) is 3.42. The minimum Gasteiger partial charge on any atom is -0.365 e. The minimum absolute atomic E-state index is 0.118. The van der Waals surface area contributed by atoms with Crippen molar-refractivity contribution in [2.45, 2.75) is 187 Å². The number of hydrogen-bond donors (Lipinski definition) is 1. The lowest BCUT2D eigenvalue weighted by Gasteiger charge is -2.61. The van der Waals surface area contributed by atoms with Gasteiger partial charge in [-0.2, -0.15) is 0 Å². The predicted molar refractivity (Wildman–Crippen MR) is 188 cm³/mol. The van der Waals surface area contributed by atoms with Gasteiger partial charge in [-0.15, -0.1) is 0 Å². The van der Waals surface area contributed by atoms with Gasteiger partial charge in [-0.05, 0) is 140 Å². The molecule has 2 heterocycles. The highest BCUT2D eigenvalue weighted by Gasteiger charge is 2.63. The molecule has 0 bridgehead atoms. The van der Waals surface area contributed by atoms with Gasteiger partial charge in [0.15, 0.2) is 24.7 Å². The molecule has 50 heavy (non-hydrogen) atoms. The lowest BCUT2D eigenvalue weighted by atomic mass is 9.46. The van der Waals surface area contributed by atoms with E-state index < -0.39 is 23.6 Å². The van der Waals surface area contributed by atoms with Crippen molar-refractivity contribution in [2.75, 3.05) is 19.8 Å². The zero-order chi connectivity index (χ0) is 36.0. The quantitative estimate of drug-likeness (QED) is 0.151. The fraction of sp³-hybridized carbons (Fsp3) is 0.951. The summed E-state index contributed by atoms with van der Waals surface area (Å²) < 4.78 is 67.8. The van der Waals surface area contributed by atoms with E-state index in [2.05, 4.69) is 26.8 Å². The van der Waals surface area contributed by atoms with Crippen molar-refractivity contribution in [1.29, 1.82) is 0 Å². The molecule has 6 rings (SSSR count). The topological polar surface area (TPSA) is 75.6 Å². The Bertz CT molecular complexity index is 1170. The molecule has 0 radical (unpaired) electrons. The lowest BCUT2D eigenvalue weighted by Crippen LogP contribution is -2.60. The number of halogens is 2. The summed E-state index contributed by atoms with van der Waals surface area (Å²) in [6.07, 6.45) is 13.3. The minimum atomic E-state index is -2.96. The smallest absolute Gasteiger partial charge is 0.276 e.